The summed E-state index contributed by atoms with van der Waals surface area (Å²) in [5.74, 6) is -1.45. The van der Waals surface area contributed by atoms with Gasteiger partial charge in [-0.15, -0.1) is 0 Å². The Hall–Kier alpha value is -5.00. The van der Waals surface area contributed by atoms with Crippen LogP contribution in [0.3, 0.4) is 0 Å². The molecule has 2 heterocycles. The number of ether oxygens (including phenoxy) is 2. The first-order valence-corrected chi connectivity index (χ1v) is 13.0. The van der Waals surface area contributed by atoms with Crippen molar-refractivity contribution in [1.29, 1.82) is 0 Å². The van der Waals surface area contributed by atoms with Crippen molar-refractivity contribution < 1.29 is 33.0 Å². The Labute approximate surface area is 236 Å². The first-order valence-electron chi connectivity index (χ1n) is 13.0. The van der Waals surface area contributed by atoms with Gasteiger partial charge in [0, 0.05) is 24.6 Å². The number of hydrogen-bond acceptors (Lipinski definition) is 7. The van der Waals surface area contributed by atoms with Crippen molar-refractivity contribution in [2.24, 2.45) is 0 Å². The summed E-state index contributed by atoms with van der Waals surface area (Å²) in [4.78, 5) is 56.4. The zero-order valence-corrected chi connectivity index (χ0v) is 22.4. The second-order valence-electron chi connectivity index (χ2n) is 9.14. The predicted octanol–water partition coefficient (Wildman–Crippen LogP) is 3.19. The Kier molecular flexibility index (Phi) is 9.81. The molecule has 0 bridgehead atoms. The Morgan fingerprint density at radius 1 is 1.15 bits per heavy atom. The number of nitrogens with one attached hydrogen (secondary N) is 3. The van der Waals surface area contributed by atoms with Crippen molar-refractivity contribution in [2.45, 2.75) is 25.9 Å². The molecular weight excluding hydrogens is 533 g/mol. The van der Waals surface area contributed by atoms with E-state index in [1.54, 1.807) is 55.7 Å². The number of anilines is 1. The van der Waals surface area contributed by atoms with Crippen LogP contribution < -0.4 is 20.7 Å². The van der Waals surface area contributed by atoms with Crippen LogP contribution in [-0.4, -0.2) is 60.0 Å². The minimum atomic E-state index is -0.690. The molecule has 1 unspecified atom stereocenters. The second-order valence-corrected chi connectivity index (χ2v) is 9.14. The summed E-state index contributed by atoms with van der Waals surface area (Å²) in [5, 5.41) is 8.13. The molecule has 4 amide bonds. The van der Waals surface area contributed by atoms with Gasteiger partial charge in [-0.1, -0.05) is 18.2 Å². The molecule has 1 aliphatic heterocycles. The zero-order chi connectivity index (χ0) is 29.2. The molecule has 0 fully saturated rings. The molecule has 0 saturated heterocycles. The van der Waals surface area contributed by atoms with Gasteiger partial charge in [0.2, 0.25) is 5.91 Å². The van der Waals surface area contributed by atoms with Gasteiger partial charge in [-0.3, -0.25) is 19.4 Å². The summed E-state index contributed by atoms with van der Waals surface area (Å²) in [6.45, 7) is 2.11. The van der Waals surface area contributed by atoms with Crippen molar-refractivity contribution in [2.75, 3.05) is 31.6 Å². The van der Waals surface area contributed by atoms with Gasteiger partial charge in [0.25, 0.3) is 5.91 Å². The van der Waals surface area contributed by atoms with Crippen molar-refractivity contribution in [3.05, 3.63) is 89.5 Å². The molecule has 3 N–H and O–H groups in total. The normalized spacial score (nSPS) is 13.2. The number of hydrogen-bond donors (Lipinski definition) is 3. The summed E-state index contributed by atoms with van der Waals surface area (Å²) in [6, 6.07) is 12.6. The topological polar surface area (TPSA) is 139 Å². The fraction of sp³-hybridized carbons (Fsp3) is 0.276. The lowest BCUT2D eigenvalue weighted by Crippen LogP contribution is -2.43. The Morgan fingerprint density at radius 2 is 1.95 bits per heavy atom. The number of amides is 4. The second kappa shape index (κ2) is 13.9. The lowest BCUT2D eigenvalue weighted by atomic mass is 10.1. The van der Waals surface area contributed by atoms with E-state index in [1.807, 2.05) is 0 Å². The van der Waals surface area contributed by atoms with Crippen LogP contribution in [0.2, 0.25) is 0 Å². The van der Waals surface area contributed by atoms with E-state index in [4.69, 9.17) is 9.47 Å². The SMILES string of the molecule is CCOC(=O)CC(NC(=O)CN1CCOc2ccc(NC(=O)NCc3ccc(F)cc3)cc2C1=O)c1cccnc1. The third-order valence-corrected chi connectivity index (χ3v) is 6.17. The number of benzene rings is 2. The lowest BCUT2D eigenvalue weighted by Gasteiger charge is -2.23. The van der Waals surface area contributed by atoms with Gasteiger partial charge < -0.3 is 30.3 Å². The highest BCUT2D eigenvalue weighted by molar-refractivity contribution is 6.01. The van der Waals surface area contributed by atoms with Gasteiger partial charge >= 0.3 is 12.0 Å². The molecule has 1 atom stereocenters. The van der Waals surface area contributed by atoms with E-state index in [2.05, 4.69) is 20.9 Å². The monoisotopic (exact) mass is 563 g/mol. The van der Waals surface area contributed by atoms with Crippen molar-refractivity contribution >= 4 is 29.5 Å². The lowest BCUT2D eigenvalue weighted by molar-refractivity contribution is -0.143. The third kappa shape index (κ3) is 8.24. The number of carbonyl (C=O) groups excluding carboxylic acids is 4. The smallest absolute Gasteiger partial charge is 0.319 e. The number of urea groups is 1. The molecule has 3 aromatic rings. The van der Waals surface area contributed by atoms with Gasteiger partial charge in [0.15, 0.2) is 0 Å². The number of aromatic nitrogens is 1. The first-order chi connectivity index (χ1) is 19.8. The third-order valence-electron chi connectivity index (χ3n) is 6.17. The minimum absolute atomic E-state index is 0.0938. The molecule has 1 aliphatic rings. The highest BCUT2D eigenvalue weighted by atomic mass is 19.1. The van der Waals surface area contributed by atoms with Crippen LogP contribution >= 0.6 is 0 Å². The number of nitrogens with zero attached hydrogens (tertiary/aromatic N) is 2. The maximum atomic E-state index is 13.4. The molecule has 4 rings (SSSR count). The molecule has 0 spiro atoms. The van der Waals surface area contributed by atoms with E-state index in [0.717, 1.165) is 0 Å². The predicted molar refractivity (Wildman–Crippen MR) is 146 cm³/mol. The van der Waals surface area contributed by atoms with Crippen LogP contribution in [-0.2, 0) is 20.9 Å². The quantitative estimate of drug-likeness (QED) is 0.322. The molecule has 214 valence electrons. The van der Waals surface area contributed by atoms with Gasteiger partial charge in [-0.2, -0.15) is 0 Å². The summed E-state index contributed by atoms with van der Waals surface area (Å²) in [6.07, 6.45) is 3.04. The number of fused-ring (bicyclic) bond motifs is 1. The maximum Gasteiger partial charge on any atom is 0.319 e. The summed E-state index contributed by atoms with van der Waals surface area (Å²) in [7, 11) is 0. The standard InChI is InChI=1S/C29H30FN5O6/c1-2-40-27(37)15-24(20-4-3-11-31-17-20)34-26(36)18-35-12-13-41-25-10-9-22(14-23(25)28(35)38)33-29(39)32-16-19-5-7-21(30)8-6-19/h3-11,14,17,24H,2,12-13,15-16,18H2,1H3,(H,34,36)(H2,32,33,39). The molecule has 11 nitrogen and oxygen atoms in total. The number of carbonyl (C=O) groups is 4. The van der Waals surface area contributed by atoms with E-state index in [1.165, 1.54) is 23.1 Å². The molecule has 1 aromatic heterocycles. The summed E-state index contributed by atoms with van der Waals surface area (Å²) >= 11 is 0. The highest BCUT2D eigenvalue weighted by Crippen LogP contribution is 2.27. The molecular formula is C29H30FN5O6. The largest absolute Gasteiger partial charge is 0.491 e. The molecule has 0 saturated carbocycles. The maximum absolute atomic E-state index is 13.4. The van der Waals surface area contributed by atoms with Crippen LogP contribution in [0, 0.1) is 5.82 Å². The van der Waals surface area contributed by atoms with Crippen LogP contribution in [0.15, 0.2) is 67.0 Å². The summed E-state index contributed by atoms with van der Waals surface area (Å²) < 4.78 is 23.8. The molecule has 0 radical (unpaired) electrons. The van der Waals surface area contributed by atoms with Gasteiger partial charge in [0.1, 0.15) is 18.2 Å². The van der Waals surface area contributed by atoms with Gasteiger partial charge in [0.05, 0.1) is 37.7 Å². The van der Waals surface area contributed by atoms with E-state index in [9.17, 15) is 23.6 Å². The van der Waals surface area contributed by atoms with Crippen molar-refractivity contribution in [3.63, 3.8) is 0 Å². The van der Waals surface area contributed by atoms with Crippen LogP contribution in [0.25, 0.3) is 0 Å². The Morgan fingerprint density at radius 3 is 2.68 bits per heavy atom. The van der Waals surface area contributed by atoms with Crippen LogP contribution in [0.5, 0.6) is 5.75 Å². The average Bonchev–Trinajstić information content (AvgIpc) is 3.11. The minimum Gasteiger partial charge on any atom is -0.491 e. The number of halogens is 1. The Bertz CT molecular complexity index is 1390. The van der Waals surface area contributed by atoms with Crippen LogP contribution in [0.1, 0.15) is 40.9 Å². The molecule has 0 aliphatic carbocycles. The molecule has 41 heavy (non-hydrogen) atoms. The molecule has 2 aromatic carbocycles. The van der Waals surface area contributed by atoms with E-state index >= 15 is 0 Å². The van der Waals surface area contributed by atoms with Gasteiger partial charge in [-0.25, -0.2) is 9.18 Å². The van der Waals surface area contributed by atoms with Crippen molar-refractivity contribution in [3.8, 4) is 5.75 Å². The first kappa shape index (κ1) is 29.0. The van der Waals surface area contributed by atoms with Crippen molar-refractivity contribution in [1.82, 2.24) is 20.5 Å². The fourth-order valence-corrected chi connectivity index (χ4v) is 4.18. The number of esters is 1. The number of rotatable bonds is 10. The average molecular weight is 564 g/mol. The molecule has 12 heteroatoms. The van der Waals surface area contributed by atoms with E-state index in [0.29, 0.717) is 22.6 Å². The number of pyridine rings is 1. The van der Waals surface area contributed by atoms with Gasteiger partial charge in [-0.05, 0) is 54.4 Å². The zero-order valence-electron chi connectivity index (χ0n) is 22.4. The Balaban J connectivity index is 1.40. The van der Waals surface area contributed by atoms with Crippen LogP contribution in [0.4, 0.5) is 14.9 Å². The fourth-order valence-electron chi connectivity index (χ4n) is 4.18. The highest BCUT2D eigenvalue weighted by Gasteiger charge is 2.27. The van der Waals surface area contributed by atoms with E-state index in [-0.39, 0.29) is 50.6 Å². The summed E-state index contributed by atoms with van der Waals surface area (Å²) in [5.41, 5.74) is 1.86. The van der Waals surface area contributed by atoms with E-state index < -0.39 is 29.9 Å².